The normalized spacial score (nSPS) is 14.8. The van der Waals surface area contributed by atoms with Gasteiger partial charge in [-0.2, -0.15) is 52.7 Å². The third-order valence-electron chi connectivity index (χ3n) is 4.57. The lowest BCUT2D eigenvalue weighted by molar-refractivity contribution is -0.167. The molecule has 2 N–H and O–H groups in total. The third-order valence-corrected chi connectivity index (χ3v) is 9.38. The van der Waals surface area contributed by atoms with Crippen LogP contribution in [0.2, 0.25) is 0 Å². The Morgan fingerprint density at radius 2 is 0.696 bits per heavy atom. The molecule has 264 valence electrons. The molecule has 0 aliphatic rings. The van der Waals surface area contributed by atoms with Crippen LogP contribution in [0.25, 0.3) is 0 Å². The fourth-order valence-corrected chi connectivity index (χ4v) is 6.27. The van der Waals surface area contributed by atoms with Crippen LogP contribution in [-0.2, 0) is 27.2 Å². The number of hydrogen-bond donors (Lipinski definition) is 2. The molecule has 8 nitrogen and oxygen atoms in total. The molecule has 2 atom stereocenters. The molecule has 0 heterocycles. The van der Waals surface area contributed by atoms with Gasteiger partial charge in [0.25, 0.3) is 0 Å². The van der Waals surface area contributed by atoms with Gasteiger partial charge < -0.3 is 10.2 Å². The molecular formula is C22H20Br2F12O8P2. The molecule has 46 heavy (non-hydrogen) atoms. The first kappa shape index (κ1) is 42.8. The topological polar surface area (TPSA) is 112 Å². The van der Waals surface area contributed by atoms with Crippen molar-refractivity contribution in [2.24, 2.45) is 0 Å². The monoisotopic (exact) mass is 860 g/mol. The van der Waals surface area contributed by atoms with Crippen molar-refractivity contribution in [3.8, 4) is 0 Å². The smallest absolute Gasteiger partial charge is 0.376 e. The zero-order valence-electron chi connectivity index (χ0n) is 22.1. The molecule has 0 spiro atoms. The standard InChI is InChI=1S/2C11H10BrF6O4P/c2*12-8-3-1-7(2-4-8)9(19)23(20,21-5-10(13,14)15)22-6-11(16,17)18/h2*1-4,9,19H,5-6H2/t2*9-/m00/s1. The van der Waals surface area contributed by atoms with Crippen LogP contribution in [-0.4, -0.2) is 61.3 Å². The van der Waals surface area contributed by atoms with Crippen molar-refractivity contribution in [3.63, 3.8) is 0 Å². The van der Waals surface area contributed by atoms with Gasteiger partial charge in [-0.05, 0) is 35.4 Å². The van der Waals surface area contributed by atoms with Crippen molar-refractivity contribution in [3.05, 3.63) is 68.6 Å². The highest BCUT2D eigenvalue weighted by Gasteiger charge is 2.45. The maximum absolute atomic E-state index is 12.2. The second-order valence-corrected chi connectivity index (χ2v) is 14.5. The van der Waals surface area contributed by atoms with Gasteiger partial charge in [-0.25, -0.2) is 0 Å². The van der Waals surface area contributed by atoms with Gasteiger partial charge in [-0.3, -0.25) is 27.2 Å². The molecule has 0 aliphatic heterocycles. The summed E-state index contributed by atoms with van der Waals surface area (Å²) in [5.41, 5.74) is -0.443. The van der Waals surface area contributed by atoms with E-state index in [4.69, 9.17) is 0 Å². The highest BCUT2D eigenvalue weighted by Crippen LogP contribution is 2.61. The van der Waals surface area contributed by atoms with Gasteiger partial charge in [0, 0.05) is 8.95 Å². The Kier molecular flexibility index (Phi) is 15.8. The number of hydrogen-bond acceptors (Lipinski definition) is 8. The van der Waals surface area contributed by atoms with Crippen molar-refractivity contribution in [1.82, 2.24) is 0 Å². The summed E-state index contributed by atoms with van der Waals surface area (Å²) in [4.78, 5) is 0. The van der Waals surface area contributed by atoms with Gasteiger partial charge in [-0.1, -0.05) is 56.1 Å². The molecule has 0 bridgehead atoms. The van der Waals surface area contributed by atoms with E-state index in [-0.39, 0.29) is 11.1 Å². The first-order valence-corrected chi connectivity index (χ1v) is 16.4. The van der Waals surface area contributed by atoms with Crippen LogP contribution in [0.1, 0.15) is 22.8 Å². The number of alkyl halides is 12. The van der Waals surface area contributed by atoms with Gasteiger partial charge in [0.05, 0.1) is 0 Å². The SMILES string of the molecule is O=P(OCC(F)(F)F)(OCC(F)(F)F)[C@H](O)c1ccc(Br)cc1.O=P(OCC(F)(F)F)(OCC(F)(F)F)[C@H](O)c1ccc(Br)cc1. The van der Waals surface area contributed by atoms with E-state index in [1.54, 1.807) is 0 Å². The molecule has 0 unspecified atom stereocenters. The Balaban J connectivity index is 0.000000460. The molecule has 0 aliphatic carbocycles. The molecule has 0 aromatic heterocycles. The number of aliphatic hydroxyl groups is 2. The lowest BCUT2D eigenvalue weighted by atomic mass is 10.2. The molecule has 0 saturated carbocycles. The Hall–Kier alpha value is -1.22. The molecule has 24 heteroatoms. The van der Waals surface area contributed by atoms with Crippen LogP contribution in [0.5, 0.6) is 0 Å². The van der Waals surface area contributed by atoms with E-state index in [1.807, 2.05) is 0 Å². The van der Waals surface area contributed by atoms with Crippen LogP contribution in [0.4, 0.5) is 52.7 Å². The summed E-state index contributed by atoms with van der Waals surface area (Å²) >= 11 is 6.10. The molecule has 0 amide bonds. The van der Waals surface area contributed by atoms with Crippen LogP contribution < -0.4 is 0 Å². The quantitative estimate of drug-likeness (QED) is 0.161. The fourth-order valence-electron chi connectivity index (χ4n) is 2.64. The van der Waals surface area contributed by atoms with Crippen molar-refractivity contribution < 1.29 is 90.1 Å². The molecule has 2 aromatic rings. The zero-order valence-corrected chi connectivity index (χ0v) is 27.1. The minimum Gasteiger partial charge on any atom is -0.376 e. The number of halogens is 14. The Morgan fingerprint density at radius 1 is 0.500 bits per heavy atom. The van der Waals surface area contributed by atoms with E-state index in [0.717, 1.165) is 24.3 Å². The van der Waals surface area contributed by atoms with Gasteiger partial charge in [0.2, 0.25) is 0 Å². The first-order chi connectivity index (χ1) is 20.6. The van der Waals surface area contributed by atoms with E-state index >= 15 is 0 Å². The Bertz CT molecular complexity index is 1180. The number of rotatable bonds is 12. The van der Waals surface area contributed by atoms with Gasteiger partial charge in [0.1, 0.15) is 0 Å². The Labute approximate surface area is 268 Å². The largest absolute Gasteiger partial charge is 0.412 e. The van der Waals surface area contributed by atoms with E-state index in [2.05, 4.69) is 50.0 Å². The number of benzene rings is 2. The average Bonchev–Trinajstić information content (AvgIpc) is 2.92. The number of aliphatic hydroxyl groups excluding tert-OH is 2. The van der Waals surface area contributed by atoms with Crippen LogP contribution in [0, 0.1) is 0 Å². The summed E-state index contributed by atoms with van der Waals surface area (Å²) < 4.78 is 187. The lowest BCUT2D eigenvalue weighted by Gasteiger charge is -2.24. The fraction of sp³-hybridized carbons (Fsp3) is 0.455. The predicted molar refractivity (Wildman–Crippen MR) is 141 cm³/mol. The van der Waals surface area contributed by atoms with Crippen LogP contribution in [0.3, 0.4) is 0 Å². The second kappa shape index (κ2) is 16.9. The Morgan fingerprint density at radius 3 is 0.870 bits per heavy atom. The average molecular weight is 862 g/mol. The van der Waals surface area contributed by atoms with Crippen LogP contribution in [0.15, 0.2) is 57.5 Å². The molecule has 0 fully saturated rings. The van der Waals surface area contributed by atoms with E-state index in [9.17, 15) is 72.0 Å². The summed E-state index contributed by atoms with van der Waals surface area (Å²) in [5, 5.41) is 19.7. The maximum Gasteiger partial charge on any atom is 0.412 e. The minimum absolute atomic E-state index is 0.221. The summed E-state index contributed by atoms with van der Waals surface area (Å²) in [7, 11) is -10.3. The lowest BCUT2D eigenvalue weighted by Crippen LogP contribution is -2.21. The van der Waals surface area contributed by atoms with E-state index in [1.165, 1.54) is 24.3 Å². The first-order valence-electron chi connectivity index (χ1n) is 11.6. The molecule has 0 radical (unpaired) electrons. The van der Waals surface area contributed by atoms with Gasteiger partial charge >= 0.3 is 39.9 Å². The highest BCUT2D eigenvalue weighted by atomic mass is 79.9. The summed E-state index contributed by atoms with van der Waals surface area (Å²) in [5.74, 6) is -4.61. The van der Waals surface area contributed by atoms with Gasteiger partial charge in [0.15, 0.2) is 38.1 Å². The third kappa shape index (κ3) is 16.7. The van der Waals surface area contributed by atoms with Crippen molar-refractivity contribution in [1.29, 1.82) is 0 Å². The molecule has 2 aromatic carbocycles. The predicted octanol–water partition coefficient (Wildman–Crippen LogP) is 9.58. The van der Waals surface area contributed by atoms with E-state index < -0.39 is 78.0 Å². The van der Waals surface area contributed by atoms with Gasteiger partial charge in [-0.15, -0.1) is 0 Å². The summed E-state index contributed by atoms with van der Waals surface area (Å²) in [6, 6.07) is 9.97. The van der Waals surface area contributed by atoms with E-state index in [0.29, 0.717) is 8.95 Å². The minimum atomic E-state index is -5.14. The van der Waals surface area contributed by atoms with Crippen molar-refractivity contribution >= 4 is 47.1 Å². The highest BCUT2D eigenvalue weighted by molar-refractivity contribution is 9.10. The zero-order chi connectivity index (χ0) is 35.8. The maximum atomic E-state index is 12.2. The summed E-state index contributed by atoms with van der Waals surface area (Å²) in [6.45, 7) is -8.52. The summed E-state index contributed by atoms with van der Waals surface area (Å²) in [6.07, 6.45) is -19.8. The van der Waals surface area contributed by atoms with Crippen molar-refractivity contribution in [2.45, 2.75) is 36.4 Å². The molecule has 0 saturated heterocycles. The molecule has 2 rings (SSSR count). The van der Waals surface area contributed by atoms with Crippen molar-refractivity contribution in [2.75, 3.05) is 26.4 Å². The second-order valence-electron chi connectivity index (χ2n) is 8.48. The van der Waals surface area contributed by atoms with Crippen LogP contribution >= 0.6 is 47.1 Å². The molecular weight excluding hydrogens is 842 g/mol.